The van der Waals surface area contributed by atoms with Crippen LogP contribution in [0.25, 0.3) is 16.6 Å². The lowest BCUT2D eigenvalue weighted by Gasteiger charge is -2.37. The number of benzene rings is 3. The Balaban J connectivity index is 1.38. The molecule has 224 valence electrons. The van der Waals surface area contributed by atoms with E-state index in [1.807, 2.05) is 54.6 Å². The quantitative estimate of drug-likeness (QED) is 0.164. The number of carboxylic acids is 1. The molecule has 0 spiro atoms. The summed E-state index contributed by atoms with van der Waals surface area (Å²) in [6.07, 6.45) is 5.92. The third-order valence-electron chi connectivity index (χ3n) is 7.14. The maximum Gasteiger partial charge on any atom is 0.323 e. The average molecular weight is 671 g/mol. The van der Waals surface area contributed by atoms with E-state index in [0.29, 0.717) is 33.1 Å². The number of aliphatic carboxylic acids is 1. The number of fused-ring (bicyclic) bond motifs is 1. The van der Waals surface area contributed by atoms with Gasteiger partial charge in [-0.05, 0) is 51.3 Å². The average Bonchev–Trinajstić information content (AvgIpc) is 3.49. The molecule has 10 nitrogen and oxygen atoms in total. The van der Waals surface area contributed by atoms with Gasteiger partial charge in [-0.3, -0.25) is 10.1 Å². The zero-order valence-electron chi connectivity index (χ0n) is 23.1. The van der Waals surface area contributed by atoms with Gasteiger partial charge >= 0.3 is 5.97 Å². The highest BCUT2D eigenvalue weighted by molar-refractivity contribution is 9.09. The molecule has 3 N–H and O–H groups in total. The minimum absolute atomic E-state index is 0.0680. The SMILES string of the molecule is COC1(COc2cc(OCc3ccc4nonc4c3)c(CNC(CO)C(=O)O)cc2Cl)C=CC=C(c2ccccc2)C1Br. The van der Waals surface area contributed by atoms with Gasteiger partial charge in [0.05, 0.1) is 16.5 Å². The molecule has 43 heavy (non-hydrogen) atoms. The zero-order chi connectivity index (χ0) is 30.4. The first-order chi connectivity index (χ1) is 20.8. The predicted octanol–water partition coefficient (Wildman–Crippen LogP) is 5.17. The number of aliphatic hydroxyl groups excluding tert-OH is 1. The Hall–Kier alpha value is -3.74. The number of carbonyl (C=O) groups is 1. The van der Waals surface area contributed by atoms with Crippen LogP contribution in [0.3, 0.4) is 0 Å². The summed E-state index contributed by atoms with van der Waals surface area (Å²) in [6, 6.07) is 17.6. The summed E-state index contributed by atoms with van der Waals surface area (Å²) in [7, 11) is 1.63. The fraction of sp³-hybridized carbons (Fsp3) is 0.258. The van der Waals surface area contributed by atoms with Gasteiger partial charge in [0.15, 0.2) is 0 Å². The summed E-state index contributed by atoms with van der Waals surface area (Å²) in [6.45, 7) is -0.221. The molecule has 1 aromatic heterocycles. The first-order valence-electron chi connectivity index (χ1n) is 13.3. The number of nitrogens with zero attached hydrogens (tertiary/aromatic N) is 2. The highest BCUT2D eigenvalue weighted by atomic mass is 79.9. The lowest BCUT2D eigenvalue weighted by molar-refractivity contribution is -0.140. The maximum absolute atomic E-state index is 11.4. The number of methoxy groups -OCH3 is 1. The zero-order valence-corrected chi connectivity index (χ0v) is 25.4. The minimum atomic E-state index is -1.18. The van der Waals surface area contributed by atoms with Crippen LogP contribution in [0.5, 0.6) is 11.5 Å². The number of aliphatic hydroxyl groups is 1. The molecule has 0 saturated heterocycles. The van der Waals surface area contributed by atoms with E-state index >= 15 is 0 Å². The summed E-state index contributed by atoms with van der Waals surface area (Å²) in [5, 5.41) is 29.6. The molecule has 1 aliphatic carbocycles. The summed E-state index contributed by atoms with van der Waals surface area (Å²) >= 11 is 10.5. The van der Waals surface area contributed by atoms with Crippen LogP contribution in [-0.4, -0.2) is 63.3 Å². The molecule has 5 rings (SSSR count). The van der Waals surface area contributed by atoms with Gasteiger partial charge in [0.1, 0.15) is 47.4 Å². The number of nitrogens with one attached hydrogen (secondary N) is 1. The Labute approximate surface area is 261 Å². The van der Waals surface area contributed by atoms with Crippen LogP contribution < -0.4 is 14.8 Å². The van der Waals surface area contributed by atoms with Gasteiger partial charge in [0.2, 0.25) is 0 Å². The van der Waals surface area contributed by atoms with Crippen molar-refractivity contribution in [3.05, 3.63) is 101 Å². The molecule has 3 atom stereocenters. The van der Waals surface area contributed by atoms with Crippen LogP contribution in [0.15, 0.2) is 83.5 Å². The number of rotatable bonds is 13. The Morgan fingerprint density at radius 3 is 2.65 bits per heavy atom. The molecule has 0 aliphatic heterocycles. The van der Waals surface area contributed by atoms with Gasteiger partial charge in [0.25, 0.3) is 0 Å². The number of allylic oxidation sites excluding steroid dienone is 2. The van der Waals surface area contributed by atoms with Crippen molar-refractivity contribution in [2.75, 3.05) is 20.3 Å². The van der Waals surface area contributed by atoms with E-state index < -0.39 is 24.2 Å². The molecule has 3 aromatic carbocycles. The molecule has 0 saturated carbocycles. The van der Waals surface area contributed by atoms with Crippen molar-refractivity contribution in [3.63, 3.8) is 0 Å². The standard InChI is InChI=1S/C31H29BrClN3O7/c1-40-31(11-5-8-22(29(31)32)20-6-3-2-4-7-20)18-42-28-14-27(21(13-23(28)33)15-34-26(16-37)30(38)39)41-17-19-9-10-24-25(12-19)36-43-35-24/h2-14,26,29,34,37H,15-18H2,1H3,(H,38,39). The number of hydrogen-bond donors (Lipinski definition) is 3. The molecular formula is C31H29BrClN3O7. The number of hydrogen-bond acceptors (Lipinski definition) is 9. The molecule has 12 heteroatoms. The molecule has 3 unspecified atom stereocenters. The molecule has 0 bridgehead atoms. The van der Waals surface area contributed by atoms with Crippen molar-refractivity contribution in [1.82, 2.24) is 15.6 Å². The summed E-state index contributed by atoms with van der Waals surface area (Å²) in [5.41, 5.74) is 3.86. The fourth-order valence-corrected chi connectivity index (χ4v) is 5.79. The van der Waals surface area contributed by atoms with E-state index in [1.54, 1.807) is 31.4 Å². The Morgan fingerprint density at radius 2 is 1.91 bits per heavy atom. The fourth-order valence-electron chi connectivity index (χ4n) is 4.66. The largest absolute Gasteiger partial charge is 0.488 e. The molecular weight excluding hydrogens is 642 g/mol. The Morgan fingerprint density at radius 1 is 1.12 bits per heavy atom. The van der Waals surface area contributed by atoms with Crippen LogP contribution in [0.4, 0.5) is 0 Å². The number of carboxylic acid groups (broad SMARTS) is 1. The Bertz CT molecular complexity index is 1650. The number of halogens is 2. The predicted molar refractivity (Wildman–Crippen MR) is 164 cm³/mol. The van der Waals surface area contributed by atoms with Gasteiger partial charge in [-0.25, -0.2) is 4.63 Å². The van der Waals surface area contributed by atoms with Crippen molar-refractivity contribution in [3.8, 4) is 11.5 Å². The summed E-state index contributed by atoms with van der Waals surface area (Å²) in [5.74, 6) is -0.406. The third kappa shape index (κ3) is 6.92. The van der Waals surface area contributed by atoms with Crippen LogP contribution >= 0.6 is 27.5 Å². The number of ether oxygens (including phenoxy) is 3. The molecule has 0 amide bonds. The van der Waals surface area contributed by atoms with Gasteiger partial charge in [-0.15, -0.1) is 0 Å². The van der Waals surface area contributed by atoms with Crippen molar-refractivity contribution in [2.45, 2.75) is 29.6 Å². The highest BCUT2D eigenvalue weighted by Crippen LogP contribution is 2.40. The first kappa shape index (κ1) is 30.7. The van der Waals surface area contributed by atoms with Crippen LogP contribution in [0.1, 0.15) is 16.7 Å². The van der Waals surface area contributed by atoms with Crippen molar-refractivity contribution < 1.29 is 33.8 Å². The van der Waals surface area contributed by atoms with Crippen molar-refractivity contribution >= 4 is 50.1 Å². The highest BCUT2D eigenvalue weighted by Gasteiger charge is 2.40. The third-order valence-corrected chi connectivity index (χ3v) is 8.71. The smallest absolute Gasteiger partial charge is 0.323 e. The number of aromatic nitrogens is 2. The molecule has 1 aliphatic rings. The van der Waals surface area contributed by atoms with E-state index in [1.165, 1.54) is 0 Å². The van der Waals surface area contributed by atoms with Crippen molar-refractivity contribution in [2.24, 2.45) is 0 Å². The minimum Gasteiger partial charge on any atom is -0.488 e. The number of alkyl halides is 1. The molecule has 1 heterocycles. The van der Waals surface area contributed by atoms with Crippen LogP contribution in [0.2, 0.25) is 5.02 Å². The first-order valence-corrected chi connectivity index (χ1v) is 14.6. The molecule has 0 radical (unpaired) electrons. The summed E-state index contributed by atoms with van der Waals surface area (Å²) in [4.78, 5) is 11.2. The van der Waals surface area contributed by atoms with E-state index in [0.717, 1.165) is 16.7 Å². The summed E-state index contributed by atoms with van der Waals surface area (Å²) < 4.78 is 23.2. The lowest BCUT2D eigenvalue weighted by atomic mass is 9.86. The van der Waals surface area contributed by atoms with E-state index in [2.05, 4.69) is 31.6 Å². The lowest BCUT2D eigenvalue weighted by Crippen LogP contribution is -2.46. The van der Waals surface area contributed by atoms with Gasteiger partial charge < -0.3 is 24.4 Å². The second-order valence-corrected chi connectivity index (χ2v) is 11.2. The van der Waals surface area contributed by atoms with Gasteiger partial charge in [-0.2, -0.15) is 0 Å². The monoisotopic (exact) mass is 669 g/mol. The van der Waals surface area contributed by atoms with E-state index in [9.17, 15) is 15.0 Å². The van der Waals surface area contributed by atoms with Crippen LogP contribution in [-0.2, 0) is 22.7 Å². The molecule has 0 fully saturated rings. The Kier molecular flexibility index (Phi) is 9.79. The second-order valence-electron chi connectivity index (χ2n) is 9.88. The second kappa shape index (κ2) is 13.7. The maximum atomic E-state index is 11.4. The van der Waals surface area contributed by atoms with Gasteiger partial charge in [0, 0.05) is 25.3 Å². The van der Waals surface area contributed by atoms with E-state index in [4.69, 9.17) is 30.4 Å². The van der Waals surface area contributed by atoms with Gasteiger partial charge in [-0.1, -0.05) is 76.1 Å². The molecule has 4 aromatic rings. The topological polar surface area (TPSA) is 136 Å². The van der Waals surface area contributed by atoms with Crippen molar-refractivity contribution in [1.29, 1.82) is 0 Å². The van der Waals surface area contributed by atoms with Crippen LogP contribution in [0, 0.1) is 0 Å². The van der Waals surface area contributed by atoms with E-state index in [-0.39, 0.29) is 24.6 Å². The normalized spacial score (nSPS) is 18.8.